The first-order chi connectivity index (χ1) is 15.0. The maximum Gasteiger partial charge on any atom is 0.584 e. The van der Waals surface area contributed by atoms with Crippen molar-refractivity contribution in [2.24, 2.45) is 0 Å². The summed E-state index contributed by atoms with van der Waals surface area (Å²) in [5.41, 5.74) is 2.82. The quantitative estimate of drug-likeness (QED) is 0.455. The molecule has 0 spiro atoms. The van der Waals surface area contributed by atoms with Gasteiger partial charge in [0.1, 0.15) is 17.3 Å². The van der Waals surface area contributed by atoms with Crippen molar-refractivity contribution in [2.45, 2.75) is 40.2 Å². The molecule has 2 aromatic rings. The van der Waals surface area contributed by atoms with Crippen molar-refractivity contribution in [1.82, 2.24) is 0 Å². The molecule has 0 heterocycles. The monoisotopic (exact) mass is 480 g/mol. The van der Waals surface area contributed by atoms with Crippen molar-refractivity contribution in [2.75, 3.05) is 0 Å². The third kappa shape index (κ3) is 6.35. The molecular weight excluding hydrogens is 454 g/mol. The lowest BCUT2D eigenvalue weighted by Gasteiger charge is -2.22. The van der Waals surface area contributed by atoms with Crippen LogP contribution >= 0.6 is 15.6 Å². The molecule has 0 saturated carbocycles. The summed E-state index contributed by atoms with van der Waals surface area (Å²) in [6.07, 6.45) is 3.66. The van der Waals surface area contributed by atoms with Crippen molar-refractivity contribution in [3.63, 3.8) is 0 Å². The molecule has 3 atom stereocenters. The van der Waals surface area contributed by atoms with Gasteiger partial charge in [0.05, 0.1) is 6.10 Å². The van der Waals surface area contributed by atoms with E-state index in [1.165, 1.54) is 18.2 Å². The highest BCUT2D eigenvalue weighted by molar-refractivity contribution is 7.48. The zero-order chi connectivity index (χ0) is 23.5. The number of rotatable bonds is 8. The van der Waals surface area contributed by atoms with Crippen molar-refractivity contribution in [3.05, 3.63) is 82.6 Å². The van der Waals surface area contributed by atoms with Crippen molar-refractivity contribution in [1.29, 1.82) is 0 Å². The lowest BCUT2D eigenvalue weighted by atomic mass is 10.1. The summed E-state index contributed by atoms with van der Waals surface area (Å²) in [6.45, 7) is 7.06. The van der Waals surface area contributed by atoms with Crippen molar-refractivity contribution in [3.8, 4) is 11.5 Å². The fourth-order valence-corrected chi connectivity index (χ4v) is 5.21. The van der Waals surface area contributed by atoms with E-state index in [1.54, 1.807) is 52.0 Å². The molecule has 8 nitrogen and oxygen atoms in total. The van der Waals surface area contributed by atoms with E-state index in [0.717, 1.165) is 0 Å². The Morgan fingerprint density at radius 3 is 1.69 bits per heavy atom. The maximum absolute atomic E-state index is 12.5. The number of hydrogen-bond acceptors (Lipinski definition) is 6. The van der Waals surface area contributed by atoms with Crippen LogP contribution in [0, 0.1) is 27.7 Å². The molecule has 0 bridgehead atoms. The van der Waals surface area contributed by atoms with Crippen LogP contribution in [0.4, 0.5) is 0 Å². The second kappa shape index (κ2) is 9.65. The first-order valence-corrected chi connectivity index (χ1v) is 12.9. The lowest BCUT2D eigenvalue weighted by molar-refractivity contribution is 0.164. The van der Waals surface area contributed by atoms with Crippen LogP contribution in [0.1, 0.15) is 28.7 Å². The van der Waals surface area contributed by atoms with Crippen molar-refractivity contribution >= 4 is 15.6 Å². The van der Waals surface area contributed by atoms with Crippen LogP contribution in [-0.2, 0) is 18.2 Å². The third-order valence-corrected chi connectivity index (χ3v) is 6.55. The molecule has 0 fully saturated rings. The number of allylic oxidation sites excluding steroid dienone is 1. The van der Waals surface area contributed by atoms with Gasteiger partial charge in [-0.3, -0.25) is 14.3 Å². The van der Waals surface area contributed by atoms with Crippen LogP contribution in [-0.4, -0.2) is 15.9 Å². The van der Waals surface area contributed by atoms with Gasteiger partial charge in [-0.2, -0.15) is 0 Å². The zero-order valence-electron chi connectivity index (χ0n) is 18.2. The van der Waals surface area contributed by atoms with Gasteiger partial charge < -0.3 is 13.6 Å². The minimum Gasteiger partial charge on any atom is -0.404 e. The number of benzene rings is 2. The topological polar surface area (TPSA) is 112 Å². The molecule has 172 valence electrons. The molecule has 2 aromatic carbocycles. The second-order valence-corrected chi connectivity index (χ2v) is 10.1. The number of phosphoric ester groups is 2. The SMILES string of the molecule is Cc1cccc(C)c1OP(=O)(O)OC1=CCC(OP(=O)(O)Oc2c(C)cccc2C)C=C1. The Hall–Kier alpha value is -2.34. The molecule has 0 radical (unpaired) electrons. The third-order valence-electron chi connectivity index (χ3n) is 4.75. The highest BCUT2D eigenvalue weighted by atomic mass is 31.2. The van der Waals surface area contributed by atoms with Crippen LogP contribution < -0.4 is 9.05 Å². The summed E-state index contributed by atoms with van der Waals surface area (Å²) in [4.78, 5) is 20.3. The van der Waals surface area contributed by atoms with E-state index in [2.05, 4.69) is 0 Å². The standard InChI is InChI=1S/C22H26O8P2/c1-15-7-5-8-16(2)21(15)29-31(23,24)27-19-11-13-20(14-12-19)28-32(25,26)30-22-17(3)9-6-10-18(22)4/h5-13,20H,14H2,1-4H3,(H,23,24)(H,25,26). The Morgan fingerprint density at radius 2 is 1.25 bits per heavy atom. The van der Waals surface area contributed by atoms with E-state index in [-0.39, 0.29) is 17.9 Å². The summed E-state index contributed by atoms with van der Waals surface area (Å²) in [6, 6.07) is 10.7. The average Bonchev–Trinajstić information content (AvgIpc) is 2.69. The van der Waals surface area contributed by atoms with Gasteiger partial charge in [-0.1, -0.05) is 42.5 Å². The van der Waals surface area contributed by atoms with E-state index >= 15 is 0 Å². The molecular formula is C22H26O8P2. The summed E-state index contributed by atoms with van der Waals surface area (Å²) in [5.74, 6) is 0.665. The first kappa shape index (κ1) is 24.3. The zero-order valence-corrected chi connectivity index (χ0v) is 20.0. The summed E-state index contributed by atoms with van der Waals surface area (Å²) >= 11 is 0. The predicted molar refractivity (Wildman–Crippen MR) is 121 cm³/mol. The van der Waals surface area contributed by atoms with Crippen LogP contribution in [0.25, 0.3) is 0 Å². The number of hydrogen-bond donors (Lipinski definition) is 2. The maximum atomic E-state index is 12.5. The highest BCUT2D eigenvalue weighted by Gasteiger charge is 2.31. The Kier molecular flexibility index (Phi) is 7.33. The lowest BCUT2D eigenvalue weighted by Crippen LogP contribution is -2.13. The van der Waals surface area contributed by atoms with Gasteiger partial charge in [-0.25, -0.2) is 9.13 Å². The Labute approximate surface area is 187 Å². The smallest absolute Gasteiger partial charge is 0.404 e. The fraction of sp³-hybridized carbons (Fsp3) is 0.273. The number of para-hydroxylation sites is 2. The van der Waals surface area contributed by atoms with Crippen LogP contribution in [0.5, 0.6) is 11.5 Å². The van der Waals surface area contributed by atoms with Gasteiger partial charge in [0.15, 0.2) is 0 Å². The van der Waals surface area contributed by atoms with Crippen LogP contribution in [0.3, 0.4) is 0 Å². The van der Waals surface area contributed by atoms with E-state index in [0.29, 0.717) is 28.0 Å². The minimum atomic E-state index is -4.44. The molecule has 0 saturated heterocycles. The van der Waals surface area contributed by atoms with Gasteiger partial charge >= 0.3 is 15.6 Å². The van der Waals surface area contributed by atoms with Crippen LogP contribution in [0.2, 0.25) is 0 Å². The van der Waals surface area contributed by atoms with E-state index in [1.807, 2.05) is 12.1 Å². The number of phosphoric acid groups is 2. The van der Waals surface area contributed by atoms with Gasteiger partial charge in [-0.05, 0) is 68.5 Å². The van der Waals surface area contributed by atoms with Gasteiger partial charge in [0, 0.05) is 0 Å². The Balaban J connectivity index is 1.60. The predicted octanol–water partition coefficient (Wildman–Crippen LogP) is 5.82. The van der Waals surface area contributed by atoms with E-state index in [4.69, 9.17) is 18.1 Å². The summed E-state index contributed by atoms with van der Waals surface area (Å²) in [7, 11) is -8.85. The molecule has 2 N–H and O–H groups in total. The largest absolute Gasteiger partial charge is 0.584 e. The molecule has 0 aromatic heterocycles. The first-order valence-electron chi connectivity index (χ1n) is 9.89. The highest BCUT2D eigenvalue weighted by Crippen LogP contribution is 2.50. The molecule has 0 aliphatic heterocycles. The van der Waals surface area contributed by atoms with Gasteiger partial charge in [0.2, 0.25) is 0 Å². The van der Waals surface area contributed by atoms with Crippen molar-refractivity contribution < 1.29 is 37.0 Å². The molecule has 1 aliphatic rings. The summed E-state index contributed by atoms with van der Waals surface area (Å²) < 4.78 is 45.8. The van der Waals surface area contributed by atoms with Gasteiger partial charge in [0.25, 0.3) is 0 Å². The average molecular weight is 480 g/mol. The molecule has 32 heavy (non-hydrogen) atoms. The van der Waals surface area contributed by atoms with Gasteiger partial charge in [-0.15, -0.1) is 0 Å². The second-order valence-electron chi connectivity index (χ2n) is 7.50. The Bertz CT molecular complexity index is 1110. The fourth-order valence-electron chi connectivity index (χ4n) is 3.19. The molecule has 1 aliphatic carbocycles. The molecule has 0 amide bonds. The molecule has 3 rings (SSSR count). The summed E-state index contributed by atoms with van der Waals surface area (Å²) in [5, 5.41) is 0. The number of aryl methyl sites for hydroxylation is 4. The normalized spacial score (nSPS) is 19.4. The Morgan fingerprint density at radius 1 is 0.781 bits per heavy atom. The molecule has 10 heteroatoms. The minimum absolute atomic E-state index is 0.0883. The van der Waals surface area contributed by atoms with E-state index in [9.17, 15) is 18.9 Å². The molecule has 3 unspecified atom stereocenters. The van der Waals surface area contributed by atoms with E-state index < -0.39 is 21.7 Å². The van der Waals surface area contributed by atoms with Crippen LogP contribution in [0.15, 0.2) is 60.4 Å².